The fraction of sp³-hybridized carbons (Fsp3) is 0.529. The van der Waals surface area contributed by atoms with Crippen LogP contribution in [-0.2, 0) is 16.1 Å². The number of hydrogen-bond acceptors (Lipinski definition) is 5. The van der Waals surface area contributed by atoms with Crippen LogP contribution in [0.2, 0.25) is 5.02 Å². The average molecular weight is 384 g/mol. The Bertz CT molecular complexity index is 733. The first kappa shape index (κ1) is 17.5. The highest BCUT2D eigenvalue weighted by molar-refractivity contribution is 6.30. The summed E-state index contributed by atoms with van der Waals surface area (Å²) in [6.07, 6.45) is -0.908. The van der Waals surface area contributed by atoms with Crippen molar-refractivity contribution in [2.45, 2.75) is 24.8 Å². The number of nitrogens with zero attached hydrogens (tertiary/aromatic N) is 1. The summed E-state index contributed by atoms with van der Waals surface area (Å²) in [6, 6.07) is 4.00. The van der Waals surface area contributed by atoms with Crippen LogP contribution < -0.4 is 10.6 Å². The molecule has 3 aliphatic rings. The van der Waals surface area contributed by atoms with Gasteiger partial charge in [-0.1, -0.05) is 11.6 Å². The van der Waals surface area contributed by atoms with E-state index in [0.29, 0.717) is 23.9 Å². The van der Waals surface area contributed by atoms with Crippen LogP contribution in [0.4, 0.5) is 9.18 Å². The normalized spacial score (nSPS) is 32.5. The van der Waals surface area contributed by atoms with Crippen molar-refractivity contribution in [3.63, 3.8) is 0 Å². The maximum absolute atomic E-state index is 13.3. The first-order valence-electron chi connectivity index (χ1n) is 8.53. The van der Waals surface area contributed by atoms with Gasteiger partial charge in [-0.15, -0.1) is 0 Å². The number of halogens is 2. The molecule has 2 heterocycles. The van der Waals surface area contributed by atoms with Gasteiger partial charge in [0.05, 0.1) is 0 Å². The minimum atomic E-state index is -2.14. The van der Waals surface area contributed by atoms with Gasteiger partial charge in [0, 0.05) is 43.7 Å². The number of rotatable bonds is 4. The molecule has 2 aliphatic heterocycles. The summed E-state index contributed by atoms with van der Waals surface area (Å²) >= 11 is 5.76. The number of likely N-dealkylation sites (tertiary alicyclic amines) is 1. The van der Waals surface area contributed by atoms with Gasteiger partial charge in [0.2, 0.25) is 0 Å². The molecule has 1 aromatic rings. The molecule has 2 saturated heterocycles. The van der Waals surface area contributed by atoms with Crippen LogP contribution in [0, 0.1) is 17.7 Å². The number of benzene rings is 1. The molecule has 4 rings (SSSR count). The molecule has 0 spiro atoms. The Kier molecular flexibility index (Phi) is 4.29. The zero-order chi connectivity index (χ0) is 18.5. The lowest BCUT2D eigenvalue weighted by atomic mass is 10.2. The van der Waals surface area contributed by atoms with Crippen molar-refractivity contribution < 1.29 is 23.8 Å². The molecule has 3 N–H and O–H groups in total. The number of ether oxygens (including phenoxy) is 1. The molecule has 26 heavy (non-hydrogen) atoms. The minimum absolute atomic E-state index is 0.0361. The summed E-state index contributed by atoms with van der Waals surface area (Å²) in [4.78, 5) is 26.1. The van der Waals surface area contributed by atoms with E-state index >= 15 is 0 Å². The second kappa shape index (κ2) is 6.37. The zero-order valence-electron chi connectivity index (χ0n) is 13.9. The molecule has 0 bridgehead atoms. The largest absolute Gasteiger partial charge is 0.410 e. The van der Waals surface area contributed by atoms with Gasteiger partial charge in [0.25, 0.3) is 11.7 Å². The van der Waals surface area contributed by atoms with E-state index in [1.54, 1.807) is 4.90 Å². The van der Waals surface area contributed by atoms with Crippen molar-refractivity contribution in [3.8, 4) is 0 Å². The van der Waals surface area contributed by atoms with Crippen LogP contribution in [0.5, 0.6) is 0 Å². The van der Waals surface area contributed by atoms with Crippen molar-refractivity contribution in [2.75, 3.05) is 19.6 Å². The number of carbonyl (C=O) groups excluding carboxylic acids is 2. The molecule has 140 valence electrons. The van der Waals surface area contributed by atoms with Gasteiger partial charge in [-0.2, -0.15) is 0 Å². The first-order valence-corrected chi connectivity index (χ1v) is 8.91. The van der Waals surface area contributed by atoms with Crippen molar-refractivity contribution in [3.05, 3.63) is 34.6 Å². The molecule has 7 nitrogen and oxygen atoms in total. The van der Waals surface area contributed by atoms with E-state index in [1.807, 2.05) is 0 Å². The van der Waals surface area contributed by atoms with E-state index in [4.69, 9.17) is 16.3 Å². The minimum Gasteiger partial charge on any atom is -0.407 e. The number of fused-ring (bicyclic) bond motifs is 1. The Labute approximate surface area is 154 Å². The van der Waals surface area contributed by atoms with E-state index in [2.05, 4.69) is 10.6 Å². The third-order valence-corrected chi connectivity index (χ3v) is 5.53. The summed E-state index contributed by atoms with van der Waals surface area (Å²) in [7, 11) is 0. The van der Waals surface area contributed by atoms with E-state index in [9.17, 15) is 19.1 Å². The molecule has 2 amide bonds. The van der Waals surface area contributed by atoms with Crippen LogP contribution in [-0.4, -0.2) is 53.5 Å². The maximum Gasteiger partial charge on any atom is 0.410 e. The van der Waals surface area contributed by atoms with E-state index in [-0.39, 0.29) is 24.0 Å². The lowest BCUT2D eigenvalue weighted by Gasteiger charge is -2.23. The predicted octanol–water partition coefficient (Wildman–Crippen LogP) is 0.844. The van der Waals surface area contributed by atoms with Crippen molar-refractivity contribution in [1.82, 2.24) is 15.5 Å². The summed E-state index contributed by atoms with van der Waals surface area (Å²) in [6.45, 7) is 2.06. The molecule has 3 fully saturated rings. The fourth-order valence-electron chi connectivity index (χ4n) is 4.01. The third kappa shape index (κ3) is 3.13. The van der Waals surface area contributed by atoms with E-state index in [0.717, 1.165) is 19.2 Å². The van der Waals surface area contributed by atoms with Crippen LogP contribution in [0.25, 0.3) is 0 Å². The van der Waals surface area contributed by atoms with Gasteiger partial charge < -0.3 is 25.4 Å². The Morgan fingerprint density at radius 2 is 2.15 bits per heavy atom. The predicted molar refractivity (Wildman–Crippen MR) is 89.6 cm³/mol. The highest BCUT2D eigenvalue weighted by Gasteiger charge is 2.62. The van der Waals surface area contributed by atoms with Crippen molar-refractivity contribution in [1.29, 1.82) is 0 Å². The fourth-order valence-corrected chi connectivity index (χ4v) is 4.25. The monoisotopic (exact) mass is 383 g/mol. The third-order valence-electron chi connectivity index (χ3n) is 5.31. The lowest BCUT2D eigenvalue weighted by molar-refractivity contribution is -0.182. The van der Waals surface area contributed by atoms with Crippen LogP contribution in [0.15, 0.2) is 18.2 Å². The molecule has 4 atom stereocenters. The number of hydrogen-bond donors (Lipinski definition) is 3. The molecule has 2 unspecified atom stereocenters. The summed E-state index contributed by atoms with van der Waals surface area (Å²) < 4.78 is 18.3. The van der Waals surface area contributed by atoms with Gasteiger partial charge in [-0.25, -0.2) is 9.18 Å². The molecule has 0 aromatic heterocycles. The molecule has 1 saturated carbocycles. The highest BCUT2D eigenvalue weighted by atomic mass is 35.5. The average Bonchev–Trinajstić information content (AvgIpc) is 2.90. The molecule has 9 heteroatoms. The Morgan fingerprint density at radius 3 is 2.85 bits per heavy atom. The van der Waals surface area contributed by atoms with Crippen LogP contribution >= 0.6 is 11.6 Å². The standard InChI is InChI=1S/C17H19ClFN3O4/c18-10-3-9(4-11(19)5-10)6-21-16(24)26-17(25)1-2-22(15(17)23)14-12-7-20-8-13(12)14/h3-5,12-14,20,25H,1-2,6-8H2,(H,21,24)/t12-,13+,14?,17?. The number of carbonyl (C=O) groups is 2. The van der Waals surface area contributed by atoms with Crippen LogP contribution in [0.3, 0.4) is 0 Å². The van der Waals surface area contributed by atoms with Crippen LogP contribution in [0.1, 0.15) is 12.0 Å². The zero-order valence-corrected chi connectivity index (χ0v) is 14.6. The highest BCUT2D eigenvalue weighted by Crippen LogP contribution is 2.48. The smallest absolute Gasteiger partial charge is 0.407 e. The Hall–Kier alpha value is -1.90. The number of amides is 2. The van der Waals surface area contributed by atoms with Gasteiger partial charge in [0.15, 0.2) is 0 Å². The van der Waals surface area contributed by atoms with Gasteiger partial charge >= 0.3 is 6.09 Å². The number of nitrogens with one attached hydrogen (secondary N) is 2. The summed E-state index contributed by atoms with van der Waals surface area (Å²) in [5.74, 6) is -2.39. The summed E-state index contributed by atoms with van der Waals surface area (Å²) in [5.41, 5.74) is 0.441. The Balaban J connectivity index is 1.33. The number of aliphatic hydroxyl groups is 1. The molecular weight excluding hydrogens is 365 g/mol. The van der Waals surface area contributed by atoms with E-state index < -0.39 is 23.6 Å². The van der Waals surface area contributed by atoms with Gasteiger partial charge in [-0.05, 0) is 35.6 Å². The van der Waals surface area contributed by atoms with Gasteiger partial charge in [0.1, 0.15) is 5.82 Å². The second-order valence-corrected chi connectivity index (χ2v) is 7.47. The lowest BCUT2D eigenvalue weighted by Crippen LogP contribution is -2.47. The van der Waals surface area contributed by atoms with Crippen molar-refractivity contribution >= 4 is 23.6 Å². The van der Waals surface area contributed by atoms with Crippen molar-refractivity contribution in [2.24, 2.45) is 11.8 Å². The molecule has 1 aliphatic carbocycles. The van der Waals surface area contributed by atoms with E-state index in [1.165, 1.54) is 12.1 Å². The second-order valence-electron chi connectivity index (χ2n) is 7.03. The molecular formula is C17H19ClFN3O4. The SMILES string of the molecule is O=C(NCc1cc(F)cc(Cl)c1)OC1(O)CCN(C2[C@H]3CNC[C@@H]23)C1=O. The molecule has 0 radical (unpaired) electrons. The summed E-state index contributed by atoms with van der Waals surface area (Å²) in [5, 5.41) is 16.3. The quantitative estimate of drug-likeness (QED) is 0.670. The Morgan fingerprint density at radius 1 is 1.42 bits per heavy atom. The number of piperidine rings is 1. The topological polar surface area (TPSA) is 90.9 Å². The molecule has 1 aromatic carbocycles. The van der Waals surface area contributed by atoms with Gasteiger partial charge in [-0.3, -0.25) is 4.79 Å². The first-order chi connectivity index (χ1) is 12.4. The maximum atomic E-state index is 13.3. The number of alkyl carbamates (subject to hydrolysis) is 1.